The van der Waals surface area contributed by atoms with Gasteiger partial charge in [-0.2, -0.15) is 0 Å². The van der Waals surface area contributed by atoms with E-state index in [1.165, 1.54) is 35.0 Å². The summed E-state index contributed by atoms with van der Waals surface area (Å²) >= 11 is 3.24. The molecule has 174 valence electrons. The molecule has 4 rings (SSSR count). The first-order valence-electron chi connectivity index (χ1n) is 10.8. The van der Waals surface area contributed by atoms with Crippen LogP contribution in [-0.2, 0) is 26.1 Å². The van der Waals surface area contributed by atoms with Crippen molar-refractivity contribution in [2.24, 2.45) is 0 Å². The smallest absolute Gasteiger partial charge is 0.259 e. The summed E-state index contributed by atoms with van der Waals surface area (Å²) in [4.78, 5) is 35.8. The Labute approximate surface area is 202 Å². The Hall–Kier alpha value is -2.62. The van der Waals surface area contributed by atoms with Crippen LogP contribution < -0.4 is 10.3 Å². The van der Waals surface area contributed by atoms with E-state index in [2.05, 4.69) is 40.4 Å². The topological polar surface area (TPSA) is 67.7 Å². The predicted molar refractivity (Wildman–Crippen MR) is 132 cm³/mol. The average Bonchev–Trinajstić information content (AvgIpc) is 3.25. The Bertz CT molecular complexity index is 1160. The second-order valence-electron chi connectivity index (χ2n) is 7.99. The van der Waals surface area contributed by atoms with Gasteiger partial charge in [0.25, 0.3) is 11.5 Å². The number of benzene rings is 1. The standard InChI is InChI=1S/C24H28N4O3S2/c1-26(16-21-25-9-13-33-21)24(30)23-19-8-10-27(15-17-4-6-18(32-3)7-5-17)11-12-28(19)22(29)14-20(23)31-2/h4-7,9,13-14H,8,10-12,15-16H2,1-3H3. The van der Waals surface area contributed by atoms with Crippen molar-refractivity contribution in [1.82, 2.24) is 19.4 Å². The van der Waals surface area contributed by atoms with Crippen molar-refractivity contribution in [1.29, 1.82) is 0 Å². The average molecular weight is 485 g/mol. The van der Waals surface area contributed by atoms with Gasteiger partial charge in [0.05, 0.1) is 13.7 Å². The van der Waals surface area contributed by atoms with Crippen molar-refractivity contribution in [2.75, 3.05) is 33.5 Å². The Balaban J connectivity index is 1.58. The molecule has 0 atom stereocenters. The molecular weight excluding hydrogens is 456 g/mol. The second-order valence-corrected chi connectivity index (χ2v) is 9.84. The molecule has 0 saturated carbocycles. The zero-order chi connectivity index (χ0) is 23.4. The first-order valence-corrected chi connectivity index (χ1v) is 12.9. The molecule has 33 heavy (non-hydrogen) atoms. The van der Waals surface area contributed by atoms with Gasteiger partial charge in [-0.15, -0.1) is 23.1 Å². The highest BCUT2D eigenvalue weighted by molar-refractivity contribution is 7.98. The highest BCUT2D eigenvalue weighted by atomic mass is 32.2. The van der Waals surface area contributed by atoms with Gasteiger partial charge < -0.3 is 14.2 Å². The quantitative estimate of drug-likeness (QED) is 0.479. The third-order valence-electron chi connectivity index (χ3n) is 5.89. The van der Waals surface area contributed by atoms with Crippen molar-refractivity contribution < 1.29 is 9.53 Å². The van der Waals surface area contributed by atoms with E-state index in [0.717, 1.165) is 30.3 Å². The lowest BCUT2D eigenvalue weighted by Crippen LogP contribution is -2.32. The number of hydrogen-bond acceptors (Lipinski definition) is 7. The van der Waals surface area contributed by atoms with Gasteiger partial charge >= 0.3 is 0 Å². The van der Waals surface area contributed by atoms with E-state index < -0.39 is 0 Å². The van der Waals surface area contributed by atoms with E-state index in [1.54, 1.807) is 34.5 Å². The van der Waals surface area contributed by atoms with Crippen molar-refractivity contribution in [2.45, 2.75) is 31.0 Å². The Morgan fingerprint density at radius 3 is 2.70 bits per heavy atom. The van der Waals surface area contributed by atoms with Gasteiger partial charge in [0.15, 0.2) is 0 Å². The highest BCUT2D eigenvalue weighted by Crippen LogP contribution is 2.25. The second kappa shape index (κ2) is 10.5. The largest absolute Gasteiger partial charge is 0.496 e. The van der Waals surface area contributed by atoms with Crippen LogP contribution in [0.15, 0.2) is 51.6 Å². The number of ether oxygens (including phenoxy) is 1. The van der Waals surface area contributed by atoms with E-state index in [0.29, 0.717) is 30.8 Å². The lowest BCUT2D eigenvalue weighted by molar-refractivity contribution is 0.0779. The van der Waals surface area contributed by atoms with Crippen LogP contribution in [0.4, 0.5) is 0 Å². The summed E-state index contributed by atoms with van der Waals surface area (Å²) in [6, 6.07) is 10.0. The zero-order valence-corrected chi connectivity index (χ0v) is 20.7. The number of amides is 1. The number of nitrogens with zero attached hydrogens (tertiary/aromatic N) is 4. The van der Waals surface area contributed by atoms with Crippen LogP contribution in [0.5, 0.6) is 5.75 Å². The number of thioether (sulfide) groups is 1. The number of thiazole rings is 1. The molecule has 0 radical (unpaired) electrons. The summed E-state index contributed by atoms with van der Waals surface area (Å²) in [6.45, 7) is 3.26. The molecule has 3 aromatic rings. The minimum absolute atomic E-state index is 0.132. The predicted octanol–water partition coefficient (Wildman–Crippen LogP) is 3.37. The number of aromatic nitrogens is 2. The molecule has 0 saturated heterocycles. The number of fused-ring (bicyclic) bond motifs is 1. The molecule has 1 aliphatic heterocycles. The van der Waals surface area contributed by atoms with Crippen LogP contribution in [0.25, 0.3) is 0 Å². The van der Waals surface area contributed by atoms with Crippen LogP contribution in [0, 0.1) is 0 Å². The van der Waals surface area contributed by atoms with Crippen LogP contribution >= 0.6 is 23.1 Å². The monoisotopic (exact) mass is 484 g/mol. The summed E-state index contributed by atoms with van der Waals surface area (Å²) in [5.74, 6) is 0.176. The maximum Gasteiger partial charge on any atom is 0.259 e. The molecule has 3 heterocycles. The molecule has 1 aliphatic rings. The highest BCUT2D eigenvalue weighted by Gasteiger charge is 2.27. The normalized spacial score (nSPS) is 13.9. The molecular formula is C24H28N4O3S2. The Kier molecular flexibility index (Phi) is 7.52. The van der Waals surface area contributed by atoms with E-state index in [9.17, 15) is 9.59 Å². The minimum atomic E-state index is -0.160. The summed E-state index contributed by atoms with van der Waals surface area (Å²) in [6.07, 6.45) is 4.40. The van der Waals surface area contributed by atoms with Crippen molar-refractivity contribution in [3.05, 3.63) is 74.1 Å². The van der Waals surface area contributed by atoms with Gasteiger partial charge in [-0.1, -0.05) is 12.1 Å². The fourth-order valence-electron chi connectivity index (χ4n) is 4.13. The lowest BCUT2D eigenvalue weighted by atomic mass is 10.1. The Morgan fingerprint density at radius 2 is 2.03 bits per heavy atom. The number of carbonyl (C=O) groups is 1. The number of pyridine rings is 1. The van der Waals surface area contributed by atoms with Gasteiger partial charge in [-0.3, -0.25) is 14.5 Å². The summed E-state index contributed by atoms with van der Waals surface area (Å²) in [5, 5.41) is 2.76. The fraction of sp³-hybridized carbons (Fsp3) is 0.375. The molecule has 9 heteroatoms. The third kappa shape index (κ3) is 5.31. The van der Waals surface area contributed by atoms with Crippen molar-refractivity contribution in [3.8, 4) is 5.75 Å². The van der Waals surface area contributed by atoms with Gasteiger partial charge in [-0.25, -0.2) is 4.98 Å². The molecule has 1 amide bonds. The minimum Gasteiger partial charge on any atom is -0.496 e. The van der Waals surface area contributed by atoms with Crippen LogP contribution in [0.1, 0.15) is 26.6 Å². The molecule has 0 fully saturated rings. The SMILES string of the molecule is COc1cc(=O)n2c(c1C(=O)N(C)Cc1nccs1)CCN(Cc1ccc(SC)cc1)CC2. The maximum atomic E-state index is 13.5. The van der Waals surface area contributed by atoms with Gasteiger partial charge in [-0.05, 0) is 24.0 Å². The summed E-state index contributed by atoms with van der Waals surface area (Å²) in [5.41, 5.74) is 2.33. The van der Waals surface area contributed by atoms with Crippen molar-refractivity contribution >= 4 is 29.0 Å². The van der Waals surface area contributed by atoms with Gasteiger partial charge in [0.2, 0.25) is 0 Å². The van der Waals surface area contributed by atoms with Gasteiger partial charge in [0, 0.05) is 67.9 Å². The van der Waals surface area contributed by atoms with Crippen LogP contribution in [0.2, 0.25) is 0 Å². The van der Waals surface area contributed by atoms with E-state index in [1.807, 2.05) is 5.38 Å². The molecule has 0 aliphatic carbocycles. The first-order chi connectivity index (χ1) is 16.0. The van der Waals surface area contributed by atoms with Gasteiger partial charge in [0.1, 0.15) is 16.3 Å². The summed E-state index contributed by atoms with van der Waals surface area (Å²) < 4.78 is 7.23. The number of hydrogen-bond donors (Lipinski definition) is 0. The maximum absolute atomic E-state index is 13.5. The number of methoxy groups -OCH3 is 1. The summed E-state index contributed by atoms with van der Waals surface area (Å²) in [7, 11) is 3.26. The lowest BCUT2D eigenvalue weighted by Gasteiger charge is -2.21. The number of rotatable bonds is 7. The van der Waals surface area contributed by atoms with E-state index in [-0.39, 0.29) is 11.5 Å². The molecule has 0 N–H and O–H groups in total. The van der Waals surface area contributed by atoms with Crippen LogP contribution in [-0.4, -0.2) is 58.8 Å². The number of carbonyl (C=O) groups excluding carboxylic acids is 1. The van der Waals surface area contributed by atoms with Crippen LogP contribution in [0.3, 0.4) is 0 Å². The van der Waals surface area contributed by atoms with E-state index >= 15 is 0 Å². The zero-order valence-electron chi connectivity index (χ0n) is 19.1. The Morgan fingerprint density at radius 1 is 1.24 bits per heavy atom. The molecule has 0 bridgehead atoms. The first kappa shape index (κ1) is 23.5. The molecule has 7 nitrogen and oxygen atoms in total. The third-order valence-corrected chi connectivity index (χ3v) is 7.40. The molecule has 1 aromatic carbocycles. The fourth-order valence-corrected chi connectivity index (χ4v) is 5.21. The molecule has 2 aromatic heterocycles. The van der Waals surface area contributed by atoms with Crippen molar-refractivity contribution in [3.63, 3.8) is 0 Å². The van der Waals surface area contributed by atoms with E-state index in [4.69, 9.17) is 4.74 Å². The molecule has 0 unspecified atom stereocenters. The molecule has 0 spiro atoms.